The number of rotatable bonds is 1. The van der Waals surface area contributed by atoms with Crippen LogP contribution in [-0.2, 0) is 4.79 Å². The van der Waals surface area contributed by atoms with Gasteiger partial charge < -0.3 is 20.6 Å². The van der Waals surface area contributed by atoms with Gasteiger partial charge in [0.25, 0.3) is 0 Å². The summed E-state index contributed by atoms with van der Waals surface area (Å²) in [5, 5.41) is 14.3. The average Bonchev–Trinajstić information content (AvgIpc) is 2.17. The van der Waals surface area contributed by atoms with Crippen LogP contribution in [0.25, 0.3) is 0 Å². The van der Waals surface area contributed by atoms with Gasteiger partial charge in [0, 0.05) is 26.2 Å². The van der Waals surface area contributed by atoms with Crippen molar-refractivity contribution in [1.82, 2.24) is 15.5 Å². The molecule has 6 nitrogen and oxygen atoms in total. The van der Waals surface area contributed by atoms with E-state index in [-0.39, 0.29) is 18.5 Å². The smallest absolute Gasteiger partial charge is 0.407 e. The number of hydrogen-bond acceptors (Lipinski definition) is 3. The first-order valence-corrected chi connectivity index (χ1v) is 4.50. The molecule has 0 aromatic heterocycles. The lowest BCUT2D eigenvalue weighted by atomic mass is 10.1. The SMILES string of the molecule is CNC(=O)[C@H]1CN(C(=O)O)[C@H](C)CN1. The first-order valence-electron chi connectivity index (χ1n) is 4.50. The van der Waals surface area contributed by atoms with Crippen molar-refractivity contribution in [2.75, 3.05) is 20.1 Å². The maximum absolute atomic E-state index is 11.2. The van der Waals surface area contributed by atoms with Crippen LogP contribution in [0.4, 0.5) is 4.79 Å². The Balaban J connectivity index is 2.62. The van der Waals surface area contributed by atoms with Crippen LogP contribution in [0.3, 0.4) is 0 Å². The molecule has 80 valence electrons. The maximum Gasteiger partial charge on any atom is 0.407 e. The molecule has 2 atom stereocenters. The molecule has 14 heavy (non-hydrogen) atoms. The molecule has 0 aliphatic carbocycles. The molecule has 0 unspecified atom stereocenters. The number of nitrogens with zero attached hydrogens (tertiary/aromatic N) is 1. The van der Waals surface area contributed by atoms with E-state index in [1.54, 1.807) is 6.92 Å². The van der Waals surface area contributed by atoms with Crippen molar-refractivity contribution in [3.05, 3.63) is 0 Å². The normalized spacial score (nSPS) is 27.1. The molecule has 6 heteroatoms. The summed E-state index contributed by atoms with van der Waals surface area (Å²) in [7, 11) is 1.53. The van der Waals surface area contributed by atoms with E-state index in [0.29, 0.717) is 6.54 Å². The van der Waals surface area contributed by atoms with Crippen molar-refractivity contribution in [1.29, 1.82) is 0 Å². The van der Waals surface area contributed by atoms with Gasteiger partial charge in [0.15, 0.2) is 0 Å². The zero-order valence-corrected chi connectivity index (χ0v) is 8.28. The van der Waals surface area contributed by atoms with Gasteiger partial charge in [-0.1, -0.05) is 0 Å². The minimum absolute atomic E-state index is 0.0894. The van der Waals surface area contributed by atoms with E-state index in [1.807, 2.05) is 0 Å². The van der Waals surface area contributed by atoms with Gasteiger partial charge in [-0.15, -0.1) is 0 Å². The van der Waals surface area contributed by atoms with Gasteiger partial charge in [0.2, 0.25) is 5.91 Å². The van der Waals surface area contributed by atoms with Gasteiger partial charge in [-0.05, 0) is 6.92 Å². The monoisotopic (exact) mass is 201 g/mol. The van der Waals surface area contributed by atoms with Crippen LogP contribution < -0.4 is 10.6 Å². The van der Waals surface area contributed by atoms with Crippen LogP contribution >= 0.6 is 0 Å². The van der Waals surface area contributed by atoms with Crippen LogP contribution in [0.2, 0.25) is 0 Å². The number of carbonyl (C=O) groups is 2. The van der Waals surface area contributed by atoms with E-state index in [1.165, 1.54) is 11.9 Å². The third kappa shape index (κ3) is 2.14. The fourth-order valence-corrected chi connectivity index (χ4v) is 1.48. The highest BCUT2D eigenvalue weighted by Gasteiger charge is 2.31. The van der Waals surface area contributed by atoms with Gasteiger partial charge >= 0.3 is 6.09 Å². The molecule has 1 rings (SSSR count). The molecule has 2 amide bonds. The summed E-state index contributed by atoms with van der Waals surface area (Å²) in [5.41, 5.74) is 0. The Morgan fingerprint density at radius 3 is 2.71 bits per heavy atom. The summed E-state index contributed by atoms with van der Waals surface area (Å²) >= 11 is 0. The Labute approximate surface area is 82.3 Å². The van der Waals surface area contributed by atoms with Crippen LogP contribution in [0.1, 0.15) is 6.92 Å². The molecule has 0 radical (unpaired) electrons. The molecule has 0 aromatic rings. The second-order valence-electron chi connectivity index (χ2n) is 3.36. The number of amides is 2. The molecule has 1 saturated heterocycles. The van der Waals surface area contributed by atoms with Crippen molar-refractivity contribution in [3.63, 3.8) is 0 Å². The van der Waals surface area contributed by atoms with Crippen LogP contribution in [0, 0.1) is 0 Å². The molecule has 1 aliphatic heterocycles. The number of carboxylic acid groups (broad SMARTS) is 1. The second-order valence-corrected chi connectivity index (χ2v) is 3.36. The predicted molar refractivity (Wildman–Crippen MR) is 50.1 cm³/mol. The third-order valence-corrected chi connectivity index (χ3v) is 2.38. The predicted octanol–water partition coefficient (Wildman–Crippen LogP) is -0.927. The largest absolute Gasteiger partial charge is 0.465 e. The number of likely N-dealkylation sites (N-methyl/N-ethyl adjacent to an activating group) is 1. The topological polar surface area (TPSA) is 81.7 Å². The van der Waals surface area contributed by atoms with Crippen LogP contribution in [0.15, 0.2) is 0 Å². The van der Waals surface area contributed by atoms with Crippen LogP contribution in [0.5, 0.6) is 0 Å². The van der Waals surface area contributed by atoms with Gasteiger partial charge in [-0.3, -0.25) is 4.79 Å². The minimum atomic E-state index is -0.979. The molecule has 1 heterocycles. The standard InChI is InChI=1S/C8H15N3O3/c1-5-3-10-6(7(12)9-2)4-11(5)8(13)14/h5-6,10H,3-4H2,1-2H3,(H,9,12)(H,13,14)/t5-,6-/m1/s1. The Morgan fingerprint density at radius 1 is 1.57 bits per heavy atom. The summed E-state index contributed by atoms with van der Waals surface area (Å²) in [5.74, 6) is -0.178. The molecular formula is C8H15N3O3. The van der Waals surface area contributed by atoms with E-state index < -0.39 is 12.1 Å². The fourth-order valence-electron chi connectivity index (χ4n) is 1.48. The summed E-state index contributed by atoms with van der Waals surface area (Å²) in [4.78, 5) is 23.3. The molecular weight excluding hydrogens is 186 g/mol. The number of piperazine rings is 1. The van der Waals surface area contributed by atoms with Crippen molar-refractivity contribution in [2.24, 2.45) is 0 Å². The lowest BCUT2D eigenvalue weighted by Crippen LogP contribution is -2.61. The molecule has 0 aromatic carbocycles. The zero-order valence-electron chi connectivity index (χ0n) is 8.28. The quantitative estimate of drug-likeness (QED) is 0.512. The van der Waals surface area contributed by atoms with E-state index >= 15 is 0 Å². The highest BCUT2D eigenvalue weighted by Crippen LogP contribution is 2.06. The van der Waals surface area contributed by atoms with E-state index in [4.69, 9.17) is 5.11 Å². The molecule has 0 bridgehead atoms. The van der Waals surface area contributed by atoms with Gasteiger partial charge in [0.1, 0.15) is 6.04 Å². The molecule has 0 saturated carbocycles. The van der Waals surface area contributed by atoms with Gasteiger partial charge in [0.05, 0.1) is 0 Å². The van der Waals surface area contributed by atoms with E-state index in [2.05, 4.69) is 10.6 Å². The lowest BCUT2D eigenvalue weighted by Gasteiger charge is -2.35. The van der Waals surface area contributed by atoms with Gasteiger partial charge in [-0.2, -0.15) is 0 Å². The fraction of sp³-hybridized carbons (Fsp3) is 0.750. The van der Waals surface area contributed by atoms with Gasteiger partial charge in [-0.25, -0.2) is 4.79 Å². The van der Waals surface area contributed by atoms with Crippen molar-refractivity contribution >= 4 is 12.0 Å². The van der Waals surface area contributed by atoms with Crippen LogP contribution in [-0.4, -0.2) is 54.2 Å². The van der Waals surface area contributed by atoms with Crippen molar-refractivity contribution in [2.45, 2.75) is 19.0 Å². The zero-order chi connectivity index (χ0) is 10.7. The highest BCUT2D eigenvalue weighted by atomic mass is 16.4. The van der Waals surface area contributed by atoms with E-state index in [9.17, 15) is 9.59 Å². The molecule has 3 N–H and O–H groups in total. The Morgan fingerprint density at radius 2 is 2.21 bits per heavy atom. The third-order valence-electron chi connectivity index (χ3n) is 2.38. The summed E-state index contributed by atoms with van der Waals surface area (Å²) in [6.07, 6.45) is -0.979. The number of carbonyl (C=O) groups excluding carboxylic acids is 1. The summed E-state index contributed by atoms with van der Waals surface area (Å²) in [6, 6.07) is -0.527. The minimum Gasteiger partial charge on any atom is -0.465 e. The average molecular weight is 201 g/mol. The highest BCUT2D eigenvalue weighted by molar-refractivity contribution is 5.82. The Bertz CT molecular complexity index is 244. The first-order chi connectivity index (χ1) is 6.56. The molecule has 1 aliphatic rings. The van der Waals surface area contributed by atoms with Crippen molar-refractivity contribution in [3.8, 4) is 0 Å². The number of hydrogen-bond donors (Lipinski definition) is 3. The Hall–Kier alpha value is -1.30. The second kappa shape index (κ2) is 4.28. The first kappa shape index (κ1) is 10.8. The van der Waals surface area contributed by atoms with Crippen molar-refractivity contribution < 1.29 is 14.7 Å². The Kier molecular flexibility index (Phi) is 3.29. The summed E-state index contributed by atoms with van der Waals surface area (Å²) in [6.45, 7) is 2.52. The lowest BCUT2D eigenvalue weighted by molar-refractivity contribution is -0.123. The number of nitrogens with one attached hydrogen (secondary N) is 2. The molecule has 1 fully saturated rings. The molecule has 0 spiro atoms. The summed E-state index contributed by atoms with van der Waals surface area (Å²) < 4.78 is 0. The van der Waals surface area contributed by atoms with E-state index in [0.717, 1.165) is 0 Å². The maximum atomic E-state index is 11.2.